The van der Waals surface area contributed by atoms with Crippen LogP contribution in [0.25, 0.3) is 0 Å². The first-order chi connectivity index (χ1) is 9.16. The van der Waals surface area contributed by atoms with E-state index in [-0.39, 0.29) is 11.9 Å². The number of rotatable bonds is 8. The second kappa shape index (κ2) is 12.6. The maximum absolute atomic E-state index is 11.3. The molecule has 0 aromatic carbocycles. The van der Waals surface area contributed by atoms with Crippen molar-refractivity contribution in [1.82, 2.24) is 5.32 Å². The molecule has 0 heterocycles. The molecule has 2 nitrogen and oxygen atoms in total. The van der Waals surface area contributed by atoms with Crippen molar-refractivity contribution in [2.45, 2.75) is 39.7 Å². The van der Waals surface area contributed by atoms with Crippen molar-refractivity contribution < 1.29 is 4.79 Å². The molecular formula is C17H25NO. The van der Waals surface area contributed by atoms with Crippen LogP contribution in [-0.2, 0) is 4.79 Å². The van der Waals surface area contributed by atoms with Crippen molar-refractivity contribution in [2.75, 3.05) is 0 Å². The largest absolute Gasteiger partial charge is 0.350 e. The van der Waals surface area contributed by atoms with E-state index < -0.39 is 0 Å². The van der Waals surface area contributed by atoms with Gasteiger partial charge in [-0.3, -0.25) is 4.79 Å². The Labute approximate surface area is 117 Å². The second-order valence-corrected chi connectivity index (χ2v) is 4.37. The summed E-state index contributed by atoms with van der Waals surface area (Å²) in [6, 6.07) is 0.182. The molecule has 19 heavy (non-hydrogen) atoms. The molecule has 0 saturated heterocycles. The van der Waals surface area contributed by atoms with Crippen LogP contribution in [0, 0.1) is 0 Å². The summed E-state index contributed by atoms with van der Waals surface area (Å²) in [5, 5.41) is 2.79. The number of unbranched alkanes of at least 4 members (excludes halogenated alkanes) is 1. The topological polar surface area (TPSA) is 29.1 Å². The van der Waals surface area contributed by atoms with Crippen molar-refractivity contribution in [3.05, 3.63) is 60.8 Å². The molecule has 0 radical (unpaired) electrons. The van der Waals surface area contributed by atoms with E-state index in [9.17, 15) is 4.79 Å². The highest BCUT2D eigenvalue weighted by Gasteiger charge is 1.95. The number of carbonyl (C=O) groups is 1. The highest BCUT2D eigenvalue weighted by Crippen LogP contribution is 1.94. The number of amides is 1. The van der Waals surface area contributed by atoms with Crippen molar-refractivity contribution in [3.8, 4) is 0 Å². The summed E-state index contributed by atoms with van der Waals surface area (Å²) < 4.78 is 0. The SMILES string of the molecule is C/C=C/C=C/C=C/CC/C=C/C=C/C(=O)NC(C)C. The fourth-order valence-corrected chi connectivity index (χ4v) is 1.26. The van der Waals surface area contributed by atoms with Crippen LogP contribution >= 0.6 is 0 Å². The summed E-state index contributed by atoms with van der Waals surface area (Å²) in [5.41, 5.74) is 0. The molecule has 0 aliphatic carbocycles. The Morgan fingerprint density at radius 2 is 1.53 bits per heavy atom. The molecule has 0 fully saturated rings. The zero-order valence-corrected chi connectivity index (χ0v) is 12.2. The van der Waals surface area contributed by atoms with Gasteiger partial charge in [-0.25, -0.2) is 0 Å². The summed E-state index contributed by atoms with van der Waals surface area (Å²) in [7, 11) is 0. The lowest BCUT2D eigenvalue weighted by Crippen LogP contribution is -2.28. The van der Waals surface area contributed by atoms with E-state index in [0.29, 0.717) is 0 Å². The van der Waals surface area contributed by atoms with Gasteiger partial charge in [0.25, 0.3) is 0 Å². The number of hydrogen-bond acceptors (Lipinski definition) is 1. The minimum atomic E-state index is -0.0475. The minimum absolute atomic E-state index is 0.0475. The third-order valence-corrected chi connectivity index (χ3v) is 2.09. The first kappa shape index (κ1) is 17.2. The molecule has 1 N–H and O–H groups in total. The molecule has 0 atom stereocenters. The smallest absolute Gasteiger partial charge is 0.244 e. The van der Waals surface area contributed by atoms with E-state index in [0.717, 1.165) is 12.8 Å². The second-order valence-electron chi connectivity index (χ2n) is 4.37. The van der Waals surface area contributed by atoms with Crippen molar-refractivity contribution in [2.24, 2.45) is 0 Å². The van der Waals surface area contributed by atoms with E-state index in [1.54, 1.807) is 12.2 Å². The maximum Gasteiger partial charge on any atom is 0.244 e. The molecule has 104 valence electrons. The van der Waals surface area contributed by atoms with E-state index in [1.165, 1.54) is 0 Å². The number of hydrogen-bond donors (Lipinski definition) is 1. The van der Waals surface area contributed by atoms with Gasteiger partial charge in [-0.2, -0.15) is 0 Å². The predicted molar refractivity (Wildman–Crippen MR) is 83.9 cm³/mol. The molecule has 1 amide bonds. The Hall–Kier alpha value is -1.83. The average molecular weight is 259 g/mol. The van der Waals surface area contributed by atoms with Crippen LogP contribution in [0.3, 0.4) is 0 Å². The van der Waals surface area contributed by atoms with Gasteiger partial charge in [-0.05, 0) is 33.6 Å². The van der Waals surface area contributed by atoms with Crippen LogP contribution in [0.5, 0.6) is 0 Å². The lowest BCUT2D eigenvalue weighted by Gasteiger charge is -2.03. The van der Waals surface area contributed by atoms with Gasteiger partial charge in [-0.15, -0.1) is 0 Å². The van der Waals surface area contributed by atoms with Crippen LogP contribution in [0.15, 0.2) is 60.8 Å². The molecule has 0 aromatic heterocycles. The summed E-state index contributed by atoms with van der Waals surface area (Å²) >= 11 is 0. The van der Waals surface area contributed by atoms with E-state index >= 15 is 0 Å². The van der Waals surface area contributed by atoms with Crippen molar-refractivity contribution in [1.29, 1.82) is 0 Å². The summed E-state index contributed by atoms with van der Waals surface area (Å²) in [4.78, 5) is 11.3. The van der Waals surface area contributed by atoms with Gasteiger partial charge < -0.3 is 5.32 Å². The zero-order valence-electron chi connectivity index (χ0n) is 12.2. The molecule has 0 aliphatic rings. The van der Waals surface area contributed by atoms with Gasteiger partial charge in [0.15, 0.2) is 0 Å². The predicted octanol–water partition coefficient (Wildman–Crippen LogP) is 4.09. The minimum Gasteiger partial charge on any atom is -0.350 e. The standard InChI is InChI=1S/C17H25NO/c1-4-5-6-7-8-9-10-11-12-13-14-15-17(19)18-16(2)3/h4-9,12-16H,10-11H2,1-3H3,(H,18,19)/b5-4+,7-6+,9-8+,13-12+,15-14+. The van der Waals surface area contributed by atoms with Gasteiger partial charge in [0, 0.05) is 12.1 Å². The first-order valence-electron chi connectivity index (χ1n) is 6.75. The van der Waals surface area contributed by atoms with Gasteiger partial charge in [-0.1, -0.05) is 54.7 Å². The average Bonchev–Trinajstić information content (AvgIpc) is 2.35. The first-order valence-corrected chi connectivity index (χ1v) is 6.75. The summed E-state index contributed by atoms with van der Waals surface area (Å²) in [6.45, 7) is 5.88. The monoisotopic (exact) mass is 259 g/mol. The molecule has 0 aromatic rings. The fraction of sp³-hybridized carbons (Fsp3) is 0.353. The third-order valence-electron chi connectivity index (χ3n) is 2.09. The Morgan fingerprint density at radius 3 is 2.11 bits per heavy atom. The number of allylic oxidation sites excluding steroid dienone is 9. The lowest BCUT2D eigenvalue weighted by molar-refractivity contribution is -0.116. The van der Waals surface area contributed by atoms with E-state index in [1.807, 2.05) is 57.2 Å². The van der Waals surface area contributed by atoms with Gasteiger partial charge >= 0.3 is 0 Å². The zero-order chi connectivity index (χ0) is 14.3. The normalized spacial score (nSPS) is 13.1. The molecule has 0 unspecified atom stereocenters. The summed E-state index contributed by atoms with van der Waals surface area (Å²) in [6.07, 6.45) is 21.4. The molecule has 0 rings (SSSR count). The Morgan fingerprint density at radius 1 is 0.947 bits per heavy atom. The van der Waals surface area contributed by atoms with Gasteiger partial charge in [0.1, 0.15) is 0 Å². The highest BCUT2D eigenvalue weighted by atomic mass is 16.1. The Balaban J connectivity index is 3.69. The Kier molecular flexibility index (Phi) is 11.4. The summed E-state index contributed by atoms with van der Waals surface area (Å²) in [5.74, 6) is -0.0475. The molecule has 0 aliphatic heterocycles. The lowest BCUT2D eigenvalue weighted by atomic mass is 10.2. The van der Waals surface area contributed by atoms with Crippen LogP contribution < -0.4 is 5.32 Å². The molecule has 0 spiro atoms. The van der Waals surface area contributed by atoms with E-state index in [2.05, 4.69) is 17.5 Å². The number of carbonyl (C=O) groups excluding carboxylic acids is 1. The highest BCUT2D eigenvalue weighted by molar-refractivity contribution is 5.87. The Bertz CT molecular complexity index is 371. The van der Waals surface area contributed by atoms with Crippen LogP contribution in [0.4, 0.5) is 0 Å². The van der Waals surface area contributed by atoms with Crippen molar-refractivity contribution in [3.63, 3.8) is 0 Å². The quantitative estimate of drug-likeness (QED) is 0.397. The van der Waals surface area contributed by atoms with E-state index in [4.69, 9.17) is 0 Å². The van der Waals surface area contributed by atoms with Crippen molar-refractivity contribution >= 4 is 5.91 Å². The maximum atomic E-state index is 11.3. The molecule has 0 saturated carbocycles. The molecular weight excluding hydrogens is 234 g/mol. The molecule has 2 heteroatoms. The van der Waals surface area contributed by atoms with Crippen LogP contribution in [0.2, 0.25) is 0 Å². The van der Waals surface area contributed by atoms with Gasteiger partial charge in [0.05, 0.1) is 0 Å². The molecule has 0 bridgehead atoms. The van der Waals surface area contributed by atoms with Gasteiger partial charge in [0.2, 0.25) is 5.91 Å². The van der Waals surface area contributed by atoms with Crippen LogP contribution in [-0.4, -0.2) is 11.9 Å². The van der Waals surface area contributed by atoms with Crippen LogP contribution in [0.1, 0.15) is 33.6 Å². The fourth-order valence-electron chi connectivity index (χ4n) is 1.26. The number of nitrogens with one attached hydrogen (secondary N) is 1. The third kappa shape index (κ3) is 14.1.